The molecule has 0 bridgehead atoms. The Bertz CT molecular complexity index is 1150. The van der Waals surface area contributed by atoms with Crippen molar-refractivity contribution in [1.29, 1.82) is 0 Å². The third-order valence-corrected chi connectivity index (χ3v) is 5.22. The first-order valence-electron chi connectivity index (χ1n) is 9.80. The van der Waals surface area contributed by atoms with Crippen molar-refractivity contribution in [2.45, 2.75) is 32.0 Å². The van der Waals surface area contributed by atoms with E-state index in [4.69, 9.17) is 9.47 Å². The number of benzene rings is 3. The lowest BCUT2D eigenvalue weighted by Crippen LogP contribution is -2.39. The highest BCUT2D eigenvalue weighted by Gasteiger charge is 2.35. The van der Waals surface area contributed by atoms with Crippen LogP contribution < -0.4 is 9.47 Å². The van der Waals surface area contributed by atoms with Crippen LogP contribution in [0, 0.1) is 10.1 Å². The fourth-order valence-corrected chi connectivity index (χ4v) is 3.43. The Morgan fingerprint density at radius 2 is 1.84 bits per heavy atom. The summed E-state index contributed by atoms with van der Waals surface area (Å²) >= 11 is 0. The summed E-state index contributed by atoms with van der Waals surface area (Å²) in [5.74, 6) is 0.420. The highest BCUT2D eigenvalue weighted by atomic mass is 16.6. The number of carbonyl (C=O) groups excluding carboxylic acids is 1. The molecule has 1 unspecified atom stereocenters. The molecule has 0 aliphatic carbocycles. The van der Waals surface area contributed by atoms with Crippen LogP contribution in [0.2, 0.25) is 0 Å². The van der Waals surface area contributed by atoms with Gasteiger partial charge in [-0.3, -0.25) is 10.1 Å². The smallest absolute Gasteiger partial charge is 0.343 e. The molecule has 4 rings (SSSR count). The molecular weight excluding hydrogens is 398 g/mol. The topological polar surface area (TPSA) is 98.9 Å². The maximum atomic E-state index is 12.5. The van der Waals surface area contributed by atoms with Crippen LogP contribution in [0.5, 0.6) is 11.5 Å². The van der Waals surface area contributed by atoms with Gasteiger partial charge in [-0.15, -0.1) is 0 Å². The molecule has 1 N–H and O–H groups in total. The fraction of sp³-hybridized carbons (Fsp3) is 0.208. The predicted octanol–water partition coefficient (Wildman–Crippen LogP) is 4.56. The van der Waals surface area contributed by atoms with E-state index in [0.29, 0.717) is 29.0 Å². The second-order valence-corrected chi connectivity index (χ2v) is 8.01. The van der Waals surface area contributed by atoms with Gasteiger partial charge < -0.3 is 14.6 Å². The van der Waals surface area contributed by atoms with Crippen LogP contribution in [0.25, 0.3) is 11.1 Å². The first-order chi connectivity index (χ1) is 14.7. The molecule has 7 nitrogen and oxygen atoms in total. The molecular formula is C24H21NO6. The zero-order valence-corrected chi connectivity index (χ0v) is 17.1. The second kappa shape index (κ2) is 7.85. The van der Waals surface area contributed by atoms with E-state index in [0.717, 1.165) is 11.1 Å². The van der Waals surface area contributed by atoms with Crippen LogP contribution in [0.1, 0.15) is 29.8 Å². The van der Waals surface area contributed by atoms with E-state index in [1.54, 1.807) is 62.4 Å². The molecule has 1 atom stereocenters. The summed E-state index contributed by atoms with van der Waals surface area (Å²) in [7, 11) is 0. The van der Waals surface area contributed by atoms with E-state index in [2.05, 4.69) is 0 Å². The summed E-state index contributed by atoms with van der Waals surface area (Å²) in [6, 6.07) is 18.1. The Morgan fingerprint density at radius 3 is 2.52 bits per heavy atom. The van der Waals surface area contributed by atoms with Crippen molar-refractivity contribution in [3.63, 3.8) is 0 Å². The Labute approximate surface area is 179 Å². The summed E-state index contributed by atoms with van der Waals surface area (Å²) in [5, 5.41) is 21.1. The third-order valence-electron chi connectivity index (χ3n) is 5.22. The van der Waals surface area contributed by atoms with Crippen molar-refractivity contribution < 1.29 is 24.3 Å². The molecule has 1 aliphatic heterocycles. The first-order valence-corrected chi connectivity index (χ1v) is 9.80. The van der Waals surface area contributed by atoms with Gasteiger partial charge in [-0.05, 0) is 48.7 Å². The number of hydrogen-bond donors (Lipinski definition) is 1. The largest absolute Gasteiger partial charge is 0.487 e. The molecule has 158 valence electrons. The zero-order valence-electron chi connectivity index (χ0n) is 17.1. The maximum absolute atomic E-state index is 12.5. The Balaban J connectivity index is 1.47. The molecule has 3 aromatic rings. The number of ether oxygens (including phenoxy) is 2. The lowest BCUT2D eigenvalue weighted by molar-refractivity contribution is -0.384. The molecule has 0 amide bonds. The number of fused-ring (bicyclic) bond motifs is 1. The van der Waals surface area contributed by atoms with E-state index in [9.17, 15) is 20.0 Å². The number of hydrogen-bond acceptors (Lipinski definition) is 6. The van der Waals surface area contributed by atoms with Gasteiger partial charge in [0, 0.05) is 24.6 Å². The van der Waals surface area contributed by atoms with E-state index >= 15 is 0 Å². The molecule has 0 radical (unpaired) electrons. The van der Waals surface area contributed by atoms with E-state index in [1.165, 1.54) is 12.1 Å². The molecule has 0 spiro atoms. The maximum Gasteiger partial charge on any atom is 0.343 e. The van der Waals surface area contributed by atoms with E-state index < -0.39 is 16.5 Å². The SMILES string of the molecule is CC(C)(O)C1Cc2ccc(OC(=O)c3ccc(-c4cccc([N+](=O)[O-])c4)cc3)cc2O1. The minimum absolute atomic E-state index is 0.00615. The van der Waals surface area contributed by atoms with Gasteiger partial charge in [0.2, 0.25) is 0 Å². The van der Waals surface area contributed by atoms with Crippen LogP contribution in [0.4, 0.5) is 5.69 Å². The molecule has 0 saturated carbocycles. The Kier molecular flexibility index (Phi) is 5.20. The molecule has 1 heterocycles. The average Bonchev–Trinajstić information content (AvgIpc) is 3.18. The third kappa shape index (κ3) is 4.41. The fourth-order valence-electron chi connectivity index (χ4n) is 3.43. The number of nitrogens with zero attached hydrogens (tertiary/aromatic N) is 1. The predicted molar refractivity (Wildman–Crippen MR) is 114 cm³/mol. The zero-order chi connectivity index (χ0) is 22.2. The van der Waals surface area contributed by atoms with Crippen molar-refractivity contribution in [2.75, 3.05) is 0 Å². The molecule has 31 heavy (non-hydrogen) atoms. The lowest BCUT2D eigenvalue weighted by atomic mass is 9.97. The van der Waals surface area contributed by atoms with E-state index in [1.807, 2.05) is 6.07 Å². The molecule has 0 saturated heterocycles. The summed E-state index contributed by atoms with van der Waals surface area (Å²) in [4.78, 5) is 23.1. The highest BCUT2D eigenvalue weighted by molar-refractivity contribution is 5.91. The molecule has 3 aromatic carbocycles. The van der Waals surface area contributed by atoms with Crippen molar-refractivity contribution in [2.24, 2.45) is 0 Å². The van der Waals surface area contributed by atoms with Crippen molar-refractivity contribution >= 4 is 11.7 Å². The van der Waals surface area contributed by atoms with Crippen molar-refractivity contribution in [3.8, 4) is 22.6 Å². The van der Waals surface area contributed by atoms with Crippen LogP contribution in [0.3, 0.4) is 0 Å². The summed E-state index contributed by atoms with van der Waals surface area (Å²) in [5.41, 5.74) is 1.77. The number of aliphatic hydroxyl groups is 1. The van der Waals surface area contributed by atoms with Gasteiger partial charge in [0.05, 0.1) is 16.1 Å². The highest BCUT2D eigenvalue weighted by Crippen LogP contribution is 2.36. The van der Waals surface area contributed by atoms with Crippen LogP contribution >= 0.6 is 0 Å². The molecule has 0 fully saturated rings. The summed E-state index contributed by atoms with van der Waals surface area (Å²) in [6.45, 7) is 3.39. The molecule has 0 aromatic heterocycles. The van der Waals surface area contributed by atoms with Gasteiger partial charge in [0.25, 0.3) is 5.69 Å². The van der Waals surface area contributed by atoms with Gasteiger partial charge in [0.15, 0.2) is 0 Å². The van der Waals surface area contributed by atoms with Gasteiger partial charge in [-0.25, -0.2) is 4.79 Å². The summed E-state index contributed by atoms with van der Waals surface area (Å²) < 4.78 is 11.3. The molecule has 7 heteroatoms. The monoisotopic (exact) mass is 419 g/mol. The van der Waals surface area contributed by atoms with Crippen molar-refractivity contribution in [3.05, 3.63) is 88.0 Å². The molecule has 1 aliphatic rings. The number of nitro benzene ring substituents is 1. The van der Waals surface area contributed by atoms with Crippen LogP contribution in [0.15, 0.2) is 66.7 Å². The second-order valence-electron chi connectivity index (χ2n) is 8.01. The minimum atomic E-state index is -0.975. The number of rotatable bonds is 5. The van der Waals surface area contributed by atoms with Gasteiger partial charge in [0.1, 0.15) is 17.6 Å². The van der Waals surface area contributed by atoms with Crippen LogP contribution in [-0.2, 0) is 6.42 Å². The van der Waals surface area contributed by atoms with Crippen molar-refractivity contribution in [1.82, 2.24) is 0 Å². The van der Waals surface area contributed by atoms with E-state index in [-0.39, 0.29) is 11.8 Å². The standard InChI is InChI=1S/C24H21NO6/c1-24(2,27)22-13-18-10-11-20(14-21(18)31-22)30-23(26)16-8-6-15(7-9-16)17-4-3-5-19(12-17)25(28)29/h3-12,14,22,27H,13H2,1-2H3. The Hall–Kier alpha value is -3.71. The minimum Gasteiger partial charge on any atom is -0.487 e. The lowest BCUT2D eigenvalue weighted by Gasteiger charge is -2.24. The average molecular weight is 419 g/mol. The number of nitro groups is 1. The van der Waals surface area contributed by atoms with Gasteiger partial charge in [-0.1, -0.05) is 30.3 Å². The quantitative estimate of drug-likeness (QED) is 0.282. The van der Waals surface area contributed by atoms with Gasteiger partial charge >= 0.3 is 5.97 Å². The Morgan fingerprint density at radius 1 is 1.10 bits per heavy atom. The van der Waals surface area contributed by atoms with Gasteiger partial charge in [-0.2, -0.15) is 0 Å². The summed E-state index contributed by atoms with van der Waals surface area (Å²) in [6.07, 6.45) is 0.237. The number of esters is 1. The number of carbonyl (C=O) groups is 1. The van der Waals surface area contributed by atoms with Crippen LogP contribution in [-0.4, -0.2) is 27.7 Å². The normalized spacial score (nSPS) is 15.1. The first kappa shape index (κ1) is 20.6. The number of non-ortho nitro benzene ring substituents is 1.